The van der Waals surface area contributed by atoms with Crippen LogP contribution in [0.4, 0.5) is 26.4 Å². The van der Waals surface area contributed by atoms with Crippen LogP contribution in [0.1, 0.15) is 14.0 Å². The van der Waals surface area contributed by atoms with Crippen molar-refractivity contribution >= 4 is 50.1 Å². The number of aromatic amines is 1. The maximum Gasteiger partial charge on any atom is 0.323 e. The molecule has 0 radical (unpaired) electrons. The number of aromatic nitrogens is 2. The van der Waals surface area contributed by atoms with Crippen molar-refractivity contribution in [1.29, 1.82) is 0 Å². The van der Waals surface area contributed by atoms with Crippen LogP contribution in [-0.4, -0.2) is 16.0 Å². The number of fused-ring (bicyclic) bond motifs is 1. The molecule has 8 heteroatoms. The van der Waals surface area contributed by atoms with E-state index < -0.39 is 18.2 Å². The summed E-state index contributed by atoms with van der Waals surface area (Å²) in [4.78, 5) is 19.4. The molecule has 0 saturated carbocycles. The molecule has 0 spiro atoms. The Morgan fingerprint density at radius 2 is 2.00 bits per heavy atom. The predicted octanol–water partition coefficient (Wildman–Crippen LogP) is 5.28. The molecule has 0 aliphatic rings. The third kappa shape index (κ3) is 4.38. The summed E-state index contributed by atoms with van der Waals surface area (Å²) in [6.07, 6.45) is -0.418. The fourth-order valence-electron chi connectivity index (χ4n) is 2.88. The number of halogens is 2. The third-order valence-corrected chi connectivity index (χ3v) is 4.64. The first-order valence-corrected chi connectivity index (χ1v) is 9.40. The molecular weight excluding hydrogens is 437 g/mol. The molecule has 146 valence electrons. The molecule has 0 saturated heterocycles. The Morgan fingerprint density at radius 3 is 2.83 bits per heavy atom. The average molecular weight is 456 g/mol. The van der Waals surface area contributed by atoms with Crippen molar-refractivity contribution in [3.8, 4) is 0 Å². The largest absolute Gasteiger partial charge is 0.384 e. The van der Waals surface area contributed by atoms with E-state index in [1.54, 1.807) is 30.3 Å². The second kappa shape index (κ2) is 7.92. The normalized spacial score (nSPS) is 12.3. The fourth-order valence-corrected chi connectivity index (χ4v) is 3.24. The van der Waals surface area contributed by atoms with E-state index in [9.17, 15) is 9.18 Å². The first-order valence-electron chi connectivity index (χ1n) is 9.61. The number of H-pyrrole nitrogens is 1. The molecule has 0 unspecified atom stereocenters. The number of pyridine rings is 1. The van der Waals surface area contributed by atoms with Crippen LogP contribution >= 0.6 is 15.9 Å². The van der Waals surface area contributed by atoms with Gasteiger partial charge in [0.15, 0.2) is 0 Å². The van der Waals surface area contributed by atoms with Crippen molar-refractivity contribution in [1.82, 2.24) is 9.97 Å². The first-order chi connectivity index (χ1) is 14.7. The summed E-state index contributed by atoms with van der Waals surface area (Å²) in [5, 5.41) is 5.77. The molecule has 4 rings (SSSR count). The van der Waals surface area contributed by atoms with Crippen LogP contribution in [0, 0.1) is 5.82 Å². The van der Waals surface area contributed by atoms with Crippen molar-refractivity contribution in [2.24, 2.45) is 0 Å². The Balaban J connectivity index is 1.63. The van der Waals surface area contributed by atoms with Crippen molar-refractivity contribution in [2.75, 3.05) is 16.4 Å². The number of nitrogens with zero attached hydrogens (tertiary/aromatic N) is 1. The lowest BCUT2D eigenvalue weighted by Crippen LogP contribution is -2.20. The standard InChI is InChI=1S/C21H17BrFN5O/c22-13-4-5-16(23)19(10-13)28-21(29)27-18-3-1-2-17-15(18)11-14(26-17)8-12-6-7-25-20(24)9-12/h1-7,9-11,26H,8H2,(H2,24,25)(H2,27,28,29)/i8D2. The second-order valence-electron chi connectivity index (χ2n) is 6.25. The highest BCUT2D eigenvalue weighted by Gasteiger charge is 2.11. The lowest BCUT2D eigenvalue weighted by molar-refractivity contribution is 0.262. The van der Waals surface area contributed by atoms with Crippen LogP contribution in [0.5, 0.6) is 0 Å². The number of rotatable bonds is 4. The number of nitrogens with two attached hydrogens (primary N) is 1. The molecule has 0 fully saturated rings. The molecule has 0 bridgehead atoms. The van der Waals surface area contributed by atoms with E-state index in [1.165, 1.54) is 30.5 Å². The number of hydrogen-bond acceptors (Lipinski definition) is 3. The number of nitrogen functional groups attached to an aromatic ring is 1. The molecule has 0 aliphatic heterocycles. The van der Waals surface area contributed by atoms with Gasteiger partial charge in [-0.2, -0.15) is 0 Å². The van der Waals surface area contributed by atoms with Gasteiger partial charge in [-0.05, 0) is 54.1 Å². The lowest BCUT2D eigenvalue weighted by atomic mass is 10.1. The fraction of sp³-hybridized carbons (Fsp3) is 0.0476. The number of anilines is 3. The Hall–Kier alpha value is -3.39. The number of benzene rings is 2. The van der Waals surface area contributed by atoms with E-state index in [0.29, 0.717) is 32.3 Å². The van der Waals surface area contributed by atoms with Crippen molar-refractivity contribution in [2.45, 2.75) is 6.37 Å². The number of hydrogen-bond donors (Lipinski definition) is 4. The SMILES string of the molecule is [2H]C([2H])(c1ccnc(N)c1)c1cc2c(NC(=O)Nc3cc(Br)ccc3F)cccc2[nH]1. The van der Waals surface area contributed by atoms with Crippen LogP contribution < -0.4 is 16.4 Å². The maximum atomic E-state index is 13.9. The second-order valence-corrected chi connectivity index (χ2v) is 7.16. The van der Waals surface area contributed by atoms with Crippen molar-refractivity contribution in [3.63, 3.8) is 0 Å². The molecule has 5 N–H and O–H groups in total. The minimum absolute atomic E-state index is 0.0282. The highest BCUT2D eigenvalue weighted by molar-refractivity contribution is 9.10. The van der Waals surface area contributed by atoms with Gasteiger partial charge in [0, 0.05) is 36.4 Å². The summed E-state index contributed by atoms with van der Waals surface area (Å²) in [5.41, 5.74) is 7.44. The highest BCUT2D eigenvalue weighted by Crippen LogP contribution is 2.26. The van der Waals surface area contributed by atoms with E-state index in [1.807, 2.05) is 0 Å². The van der Waals surface area contributed by atoms with Gasteiger partial charge in [-0.3, -0.25) is 0 Å². The summed E-state index contributed by atoms with van der Waals surface area (Å²) < 4.78 is 31.6. The smallest absolute Gasteiger partial charge is 0.323 e. The quantitative estimate of drug-likeness (QED) is 0.337. The van der Waals surface area contributed by atoms with Crippen LogP contribution in [0.15, 0.2) is 65.3 Å². The minimum Gasteiger partial charge on any atom is -0.384 e. The van der Waals surface area contributed by atoms with E-state index >= 15 is 0 Å². The van der Waals surface area contributed by atoms with Gasteiger partial charge in [-0.15, -0.1) is 0 Å². The summed E-state index contributed by atoms with van der Waals surface area (Å²) >= 11 is 3.24. The number of carbonyl (C=O) groups excluding carboxylic acids is 1. The Bertz CT molecular complexity index is 1290. The molecule has 0 atom stereocenters. The Morgan fingerprint density at radius 1 is 1.17 bits per heavy atom. The Labute approximate surface area is 177 Å². The van der Waals surface area contributed by atoms with Crippen LogP contribution in [0.2, 0.25) is 0 Å². The summed E-state index contributed by atoms with van der Waals surface area (Å²) in [5.74, 6) is -0.346. The number of nitrogens with one attached hydrogen (secondary N) is 3. The Kier molecular flexibility index (Phi) is 4.52. The molecular formula is C21H17BrFN5O. The molecule has 0 aliphatic carbocycles. The van der Waals surface area contributed by atoms with Gasteiger partial charge in [0.05, 0.1) is 11.4 Å². The lowest BCUT2D eigenvalue weighted by Gasteiger charge is -2.09. The molecule has 6 nitrogen and oxygen atoms in total. The molecule has 2 amide bonds. The number of amides is 2. The van der Waals surface area contributed by atoms with E-state index in [2.05, 4.69) is 36.5 Å². The number of urea groups is 1. The van der Waals surface area contributed by atoms with Crippen LogP contribution in [0.25, 0.3) is 10.9 Å². The summed E-state index contributed by atoms with van der Waals surface area (Å²) in [7, 11) is 0. The van der Waals surface area contributed by atoms with E-state index in [-0.39, 0.29) is 11.5 Å². The topological polar surface area (TPSA) is 95.8 Å². The molecule has 29 heavy (non-hydrogen) atoms. The first kappa shape index (κ1) is 16.6. The molecule has 2 heterocycles. The third-order valence-electron chi connectivity index (χ3n) is 4.15. The summed E-state index contributed by atoms with van der Waals surface area (Å²) in [6, 6.07) is 13.4. The van der Waals surface area contributed by atoms with Crippen LogP contribution in [0.3, 0.4) is 0 Å². The van der Waals surface area contributed by atoms with E-state index in [4.69, 9.17) is 8.48 Å². The van der Waals surface area contributed by atoms with Gasteiger partial charge >= 0.3 is 6.03 Å². The molecule has 2 aromatic heterocycles. The van der Waals surface area contributed by atoms with Crippen LogP contribution in [-0.2, 0) is 6.37 Å². The monoisotopic (exact) mass is 455 g/mol. The zero-order chi connectivity index (χ0) is 22.2. The highest BCUT2D eigenvalue weighted by atomic mass is 79.9. The minimum atomic E-state index is -1.87. The van der Waals surface area contributed by atoms with Crippen molar-refractivity contribution in [3.05, 3.63) is 82.3 Å². The van der Waals surface area contributed by atoms with E-state index in [0.717, 1.165) is 0 Å². The zero-order valence-corrected chi connectivity index (χ0v) is 16.5. The summed E-state index contributed by atoms with van der Waals surface area (Å²) in [6.45, 7) is 0. The zero-order valence-electron chi connectivity index (χ0n) is 17.0. The average Bonchev–Trinajstić information content (AvgIpc) is 3.17. The van der Waals surface area contributed by atoms with Gasteiger partial charge in [-0.25, -0.2) is 14.2 Å². The van der Waals surface area contributed by atoms with Crippen molar-refractivity contribution < 1.29 is 11.9 Å². The van der Waals surface area contributed by atoms with Gasteiger partial charge in [-0.1, -0.05) is 22.0 Å². The number of carbonyl (C=O) groups is 1. The predicted molar refractivity (Wildman–Crippen MR) is 116 cm³/mol. The van der Waals surface area contributed by atoms with Gasteiger partial charge in [0.2, 0.25) is 0 Å². The maximum absolute atomic E-state index is 13.9. The van der Waals surface area contributed by atoms with Gasteiger partial charge in [0.1, 0.15) is 11.6 Å². The molecule has 4 aromatic rings. The van der Waals surface area contributed by atoms with Gasteiger partial charge < -0.3 is 21.4 Å². The molecule has 2 aromatic carbocycles. The van der Waals surface area contributed by atoms with Gasteiger partial charge in [0.25, 0.3) is 0 Å².